The largest absolute Gasteiger partial charge is 0.507 e. The second kappa shape index (κ2) is 7.83. The number of nitrogens with zero attached hydrogens (tertiary/aromatic N) is 2. The highest BCUT2D eigenvalue weighted by Crippen LogP contribution is 2.42. The van der Waals surface area contributed by atoms with Crippen molar-refractivity contribution in [2.24, 2.45) is 0 Å². The van der Waals surface area contributed by atoms with E-state index >= 15 is 0 Å². The van der Waals surface area contributed by atoms with Gasteiger partial charge in [0.05, 0.1) is 18.7 Å². The van der Waals surface area contributed by atoms with Gasteiger partial charge < -0.3 is 9.84 Å². The van der Waals surface area contributed by atoms with Gasteiger partial charge in [0.2, 0.25) is 0 Å². The molecule has 1 amide bonds. The number of ketones is 1. The number of benzene rings is 2. The number of anilines is 1. The van der Waals surface area contributed by atoms with Crippen molar-refractivity contribution in [3.63, 3.8) is 0 Å². The Balaban J connectivity index is 1.97. The van der Waals surface area contributed by atoms with E-state index in [1.54, 1.807) is 43.5 Å². The van der Waals surface area contributed by atoms with Crippen LogP contribution in [0.1, 0.15) is 22.7 Å². The lowest BCUT2D eigenvalue weighted by Crippen LogP contribution is -2.29. The fourth-order valence-electron chi connectivity index (χ4n) is 3.67. The molecule has 1 fully saturated rings. The monoisotopic (exact) mass is 400 g/mol. The van der Waals surface area contributed by atoms with Crippen LogP contribution in [0.15, 0.2) is 78.6 Å². The minimum absolute atomic E-state index is 0.0287. The maximum absolute atomic E-state index is 13.1. The summed E-state index contributed by atoms with van der Waals surface area (Å²) in [6, 6.07) is 16.9. The third kappa shape index (κ3) is 3.33. The van der Waals surface area contributed by atoms with Gasteiger partial charge in [-0.15, -0.1) is 0 Å². The second-order valence-electron chi connectivity index (χ2n) is 7.02. The Morgan fingerprint density at radius 1 is 1.03 bits per heavy atom. The van der Waals surface area contributed by atoms with Crippen molar-refractivity contribution in [2.45, 2.75) is 13.0 Å². The molecule has 1 aromatic heterocycles. The first-order chi connectivity index (χ1) is 14.5. The molecule has 1 aliphatic heterocycles. The van der Waals surface area contributed by atoms with Gasteiger partial charge in [-0.1, -0.05) is 24.3 Å². The van der Waals surface area contributed by atoms with Crippen LogP contribution in [0.5, 0.6) is 5.75 Å². The van der Waals surface area contributed by atoms with Crippen molar-refractivity contribution in [3.8, 4) is 5.75 Å². The molecule has 6 heteroatoms. The number of hydrogen-bond acceptors (Lipinski definition) is 5. The molecule has 0 radical (unpaired) electrons. The molecule has 0 bridgehead atoms. The Kier molecular flexibility index (Phi) is 5.06. The molecule has 0 saturated carbocycles. The van der Waals surface area contributed by atoms with Crippen LogP contribution in [0.4, 0.5) is 5.69 Å². The molecule has 2 aromatic carbocycles. The number of pyridine rings is 1. The molecule has 4 rings (SSSR count). The number of rotatable bonds is 4. The van der Waals surface area contributed by atoms with Crippen LogP contribution in [-0.2, 0) is 9.59 Å². The maximum atomic E-state index is 13.1. The topological polar surface area (TPSA) is 79.7 Å². The lowest BCUT2D eigenvalue weighted by Gasteiger charge is -2.26. The van der Waals surface area contributed by atoms with E-state index in [2.05, 4.69) is 4.98 Å². The zero-order valence-corrected chi connectivity index (χ0v) is 16.6. The molecule has 150 valence electrons. The number of aromatic nitrogens is 1. The van der Waals surface area contributed by atoms with Crippen molar-refractivity contribution >= 4 is 23.1 Å². The van der Waals surface area contributed by atoms with E-state index < -0.39 is 17.7 Å². The van der Waals surface area contributed by atoms with Crippen LogP contribution < -0.4 is 9.64 Å². The Bertz CT molecular complexity index is 1150. The zero-order valence-electron chi connectivity index (χ0n) is 16.6. The zero-order chi connectivity index (χ0) is 21.3. The summed E-state index contributed by atoms with van der Waals surface area (Å²) in [5.41, 5.74) is 2.64. The fourth-order valence-corrected chi connectivity index (χ4v) is 3.67. The Morgan fingerprint density at radius 3 is 2.47 bits per heavy atom. The highest BCUT2D eigenvalue weighted by Gasteiger charge is 2.47. The Labute approximate surface area is 174 Å². The standard InChI is InChI=1S/C24H20N2O4/c1-15-5-3-7-18(13-15)26-21(17-6-4-8-19(14-17)30-2)20(23(28)24(26)29)22(27)16-9-11-25-12-10-16/h3-14,21,27H,1-2H3/b22-20+. The summed E-state index contributed by atoms with van der Waals surface area (Å²) in [7, 11) is 1.55. The molecule has 1 N–H and O–H groups in total. The second-order valence-corrected chi connectivity index (χ2v) is 7.02. The van der Waals surface area contributed by atoms with E-state index in [9.17, 15) is 14.7 Å². The number of methoxy groups -OCH3 is 1. The molecule has 6 nitrogen and oxygen atoms in total. The van der Waals surface area contributed by atoms with Gasteiger partial charge in [0.1, 0.15) is 11.5 Å². The van der Waals surface area contributed by atoms with Crippen LogP contribution >= 0.6 is 0 Å². The van der Waals surface area contributed by atoms with Gasteiger partial charge in [-0.25, -0.2) is 0 Å². The molecule has 0 aliphatic carbocycles. The number of hydrogen-bond donors (Lipinski definition) is 1. The van der Waals surface area contributed by atoms with E-state index in [-0.39, 0.29) is 11.3 Å². The van der Waals surface area contributed by atoms with Gasteiger partial charge in [0.25, 0.3) is 11.7 Å². The first kappa shape index (κ1) is 19.4. The van der Waals surface area contributed by atoms with Crippen molar-refractivity contribution in [1.82, 2.24) is 4.98 Å². The van der Waals surface area contributed by atoms with Gasteiger partial charge in [0.15, 0.2) is 0 Å². The van der Waals surface area contributed by atoms with Crippen LogP contribution in [0, 0.1) is 6.92 Å². The van der Waals surface area contributed by atoms with Crippen LogP contribution in [0.25, 0.3) is 5.76 Å². The molecule has 30 heavy (non-hydrogen) atoms. The van der Waals surface area contributed by atoms with Gasteiger partial charge in [-0.3, -0.25) is 19.5 Å². The van der Waals surface area contributed by atoms with E-state index in [0.717, 1.165) is 5.56 Å². The molecule has 2 heterocycles. The van der Waals surface area contributed by atoms with Crippen LogP contribution in [0.2, 0.25) is 0 Å². The summed E-state index contributed by atoms with van der Waals surface area (Å²) < 4.78 is 5.33. The summed E-state index contributed by atoms with van der Waals surface area (Å²) in [5.74, 6) is -1.08. The molecule has 1 atom stereocenters. The normalized spacial score (nSPS) is 17.9. The minimum atomic E-state index is -0.796. The molecule has 1 unspecified atom stereocenters. The van der Waals surface area contributed by atoms with E-state index in [1.807, 2.05) is 31.2 Å². The lowest BCUT2D eigenvalue weighted by molar-refractivity contribution is -0.132. The number of ether oxygens (including phenoxy) is 1. The smallest absolute Gasteiger partial charge is 0.300 e. The SMILES string of the molecule is COc1cccc(C2/C(=C(\O)c3ccncc3)C(=O)C(=O)N2c2cccc(C)c2)c1. The van der Waals surface area contributed by atoms with Crippen molar-refractivity contribution in [2.75, 3.05) is 12.0 Å². The maximum Gasteiger partial charge on any atom is 0.300 e. The predicted molar refractivity (Wildman–Crippen MR) is 113 cm³/mol. The third-order valence-electron chi connectivity index (χ3n) is 5.09. The summed E-state index contributed by atoms with van der Waals surface area (Å²) in [6.07, 6.45) is 3.04. The van der Waals surface area contributed by atoms with Crippen LogP contribution in [0.3, 0.4) is 0 Å². The number of carbonyl (C=O) groups is 2. The number of aliphatic hydroxyl groups is 1. The Hall–Kier alpha value is -3.93. The average Bonchev–Trinajstić information content (AvgIpc) is 3.04. The summed E-state index contributed by atoms with van der Waals surface area (Å²) in [6.45, 7) is 1.91. The summed E-state index contributed by atoms with van der Waals surface area (Å²) in [4.78, 5) is 31.5. The summed E-state index contributed by atoms with van der Waals surface area (Å²) >= 11 is 0. The van der Waals surface area contributed by atoms with Crippen molar-refractivity contribution in [3.05, 3.63) is 95.3 Å². The molecule has 0 spiro atoms. The first-order valence-electron chi connectivity index (χ1n) is 9.43. The van der Waals surface area contributed by atoms with Crippen molar-refractivity contribution in [1.29, 1.82) is 0 Å². The minimum Gasteiger partial charge on any atom is -0.507 e. The average molecular weight is 400 g/mol. The van der Waals surface area contributed by atoms with E-state index in [1.165, 1.54) is 17.3 Å². The summed E-state index contributed by atoms with van der Waals surface area (Å²) in [5, 5.41) is 11.0. The number of aliphatic hydroxyl groups excluding tert-OH is 1. The molecule has 1 aliphatic rings. The third-order valence-corrected chi connectivity index (χ3v) is 5.09. The predicted octanol–water partition coefficient (Wildman–Crippen LogP) is 4.02. The number of carbonyl (C=O) groups excluding carboxylic acids is 2. The van der Waals surface area contributed by atoms with Crippen LogP contribution in [-0.4, -0.2) is 28.9 Å². The highest BCUT2D eigenvalue weighted by molar-refractivity contribution is 6.51. The fraction of sp³-hybridized carbons (Fsp3) is 0.125. The van der Waals surface area contributed by atoms with Gasteiger partial charge >= 0.3 is 0 Å². The highest BCUT2D eigenvalue weighted by atomic mass is 16.5. The number of amides is 1. The number of aryl methyl sites for hydroxylation is 1. The lowest BCUT2D eigenvalue weighted by atomic mass is 9.95. The molecule has 1 saturated heterocycles. The van der Waals surface area contributed by atoms with E-state index in [0.29, 0.717) is 22.6 Å². The van der Waals surface area contributed by atoms with Gasteiger partial charge in [0, 0.05) is 23.6 Å². The quantitative estimate of drug-likeness (QED) is 0.406. The Morgan fingerprint density at radius 2 is 1.77 bits per heavy atom. The van der Waals surface area contributed by atoms with E-state index in [4.69, 9.17) is 4.74 Å². The van der Waals surface area contributed by atoms with Gasteiger partial charge in [-0.2, -0.15) is 0 Å². The number of Topliss-reactive ketones (excluding diaryl/α,β-unsaturated/α-hetero) is 1. The molecular weight excluding hydrogens is 380 g/mol. The first-order valence-corrected chi connectivity index (χ1v) is 9.43. The molecule has 3 aromatic rings. The van der Waals surface area contributed by atoms with Gasteiger partial charge in [-0.05, 0) is 54.4 Å². The van der Waals surface area contributed by atoms with Crippen molar-refractivity contribution < 1.29 is 19.4 Å². The molecular formula is C24H20N2O4.